The van der Waals surface area contributed by atoms with E-state index in [1.165, 1.54) is 6.42 Å². The molecule has 1 heterocycles. The Morgan fingerprint density at radius 1 is 1.35 bits per heavy atom. The summed E-state index contributed by atoms with van der Waals surface area (Å²) >= 11 is 1.69. The highest BCUT2D eigenvalue weighted by Crippen LogP contribution is 2.38. The lowest BCUT2D eigenvalue weighted by atomic mass is 9.74. The number of nitrogens with two attached hydrogens (primary N) is 1. The summed E-state index contributed by atoms with van der Waals surface area (Å²) in [7, 11) is 1.77. The van der Waals surface area contributed by atoms with Crippen molar-refractivity contribution in [3.05, 3.63) is 40.7 Å². The maximum absolute atomic E-state index is 6.35. The van der Waals surface area contributed by atoms with Crippen molar-refractivity contribution in [2.24, 2.45) is 5.73 Å². The average molecular weight is 288 g/mol. The third-order valence-electron chi connectivity index (χ3n) is 4.30. The predicted molar refractivity (Wildman–Crippen MR) is 82.8 cm³/mol. The molecule has 1 saturated carbocycles. The molecular weight excluding hydrogens is 268 g/mol. The van der Waals surface area contributed by atoms with Crippen LogP contribution < -0.4 is 5.73 Å². The number of hydrogen-bond donors (Lipinski definition) is 1. The molecule has 0 amide bonds. The zero-order chi connectivity index (χ0) is 14.0. The van der Waals surface area contributed by atoms with Crippen LogP contribution in [0.3, 0.4) is 0 Å². The molecule has 0 radical (unpaired) electrons. The van der Waals surface area contributed by atoms with Gasteiger partial charge >= 0.3 is 0 Å². The molecule has 1 unspecified atom stereocenters. The zero-order valence-corrected chi connectivity index (χ0v) is 12.5. The molecule has 4 heteroatoms. The first-order chi connectivity index (χ1) is 9.73. The van der Waals surface area contributed by atoms with E-state index in [0.717, 1.165) is 35.5 Å². The van der Waals surface area contributed by atoms with Crippen molar-refractivity contribution in [2.75, 3.05) is 7.11 Å². The summed E-state index contributed by atoms with van der Waals surface area (Å²) in [6.45, 7) is 0. The van der Waals surface area contributed by atoms with E-state index in [1.807, 2.05) is 18.2 Å². The number of nitrogens with zero attached hydrogens (tertiary/aromatic N) is 1. The molecule has 0 bridgehead atoms. The van der Waals surface area contributed by atoms with Crippen LogP contribution in [0.2, 0.25) is 0 Å². The molecule has 3 rings (SSSR count). The lowest BCUT2D eigenvalue weighted by Crippen LogP contribution is -2.55. The lowest BCUT2D eigenvalue weighted by molar-refractivity contribution is -0.0897. The van der Waals surface area contributed by atoms with E-state index < -0.39 is 0 Å². The van der Waals surface area contributed by atoms with Gasteiger partial charge in [0.1, 0.15) is 0 Å². The van der Waals surface area contributed by atoms with Crippen molar-refractivity contribution < 1.29 is 4.74 Å². The van der Waals surface area contributed by atoms with Crippen molar-refractivity contribution in [2.45, 2.75) is 37.3 Å². The van der Waals surface area contributed by atoms with Crippen molar-refractivity contribution in [3.63, 3.8) is 0 Å². The summed E-state index contributed by atoms with van der Waals surface area (Å²) in [6, 6.07) is 10.3. The van der Waals surface area contributed by atoms with Gasteiger partial charge < -0.3 is 10.5 Å². The van der Waals surface area contributed by atoms with E-state index in [2.05, 4.69) is 17.5 Å². The Balaban J connectivity index is 1.71. The zero-order valence-electron chi connectivity index (χ0n) is 11.7. The number of aromatic nitrogens is 1. The molecule has 0 saturated heterocycles. The summed E-state index contributed by atoms with van der Waals surface area (Å²) in [5.41, 5.74) is 8.43. The number of thiazole rings is 1. The smallest absolute Gasteiger partial charge is 0.0949 e. The van der Waals surface area contributed by atoms with Crippen molar-refractivity contribution in [1.29, 1.82) is 0 Å². The first-order valence-electron chi connectivity index (χ1n) is 7.04. The highest BCUT2D eigenvalue weighted by molar-refractivity contribution is 7.09. The molecule has 0 spiro atoms. The summed E-state index contributed by atoms with van der Waals surface area (Å²) in [6.07, 6.45) is 4.16. The van der Waals surface area contributed by atoms with Gasteiger partial charge in [-0.1, -0.05) is 30.3 Å². The van der Waals surface area contributed by atoms with Crippen molar-refractivity contribution in [1.82, 2.24) is 4.98 Å². The summed E-state index contributed by atoms with van der Waals surface area (Å²) in [4.78, 5) is 4.71. The lowest BCUT2D eigenvalue weighted by Gasteiger charge is -2.44. The molecule has 20 heavy (non-hydrogen) atoms. The van der Waals surface area contributed by atoms with E-state index in [1.54, 1.807) is 18.4 Å². The number of ether oxygens (including phenoxy) is 1. The molecule has 106 valence electrons. The minimum atomic E-state index is -0.113. The minimum absolute atomic E-state index is 0.0380. The largest absolute Gasteiger partial charge is 0.377 e. The van der Waals surface area contributed by atoms with Crippen LogP contribution in [-0.4, -0.2) is 23.7 Å². The molecule has 1 aromatic heterocycles. The second-order valence-corrected chi connectivity index (χ2v) is 6.37. The third kappa shape index (κ3) is 2.51. The molecule has 2 N–H and O–H groups in total. The van der Waals surface area contributed by atoms with Crippen LogP contribution in [0.1, 0.15) is 24.3 Å². The van der Waals surface area contributed by atoms with E-state index in [4.69, 9.17) is 15.5 Å². The fourth-order valence-electron chi connectivity index (χ4n) is 2.77. The van der Waals surface area contributed by atoms with E-state index >= 15 is 0 Å². The maximum atomic E-state index is 6.35. The minimum Gasteiger partial charge on any atom is -0.377 e. The van der Waals surface area contributed by atoms with Crippen LogP contribution in [0.4, 0.5) is 0 Å². The topological polar surface area (TPSA) is 48.1 Å². The van der Waals surface area contributed by atoms with Gasteiger partial charge in [0.25, 0.3) is 0 Å². The van der Waals surface area contributed by atoms with E-state index in [0.29, 0.717) is 0 Å². The maximum Gasteiger partial charge on any atom is 0.0949 e. The normalized spacial score (nSPS) is 18.5. The molecule has 1 fully saturated rings. The van der Waals surface area contributed by atoms with Crippen LogP contribution in [0.15, 0.2) is 35.7 Å². The SMILES string of the molecule is COC1(C(N)Cc2nc(-c3ccccc3)cs2)CCC1. The number of hydrogen-bond acceptors (Lipinski definition) is 4. The fourth-order valence-corrected chi connectivity index (χ4v) is 3.64. The second-order valence-electron chi connectivity index (χ2n) is 5.43. The first kappa shape index (κ1) is 13.7. The van der Waals surface area contributed by atoms with Gasteiger partial charge in [0.15, 0.2) is 0 Å². The summed E-state index contributed by atoms with van der Waals surface area (Å²) < 4.78 is 5.65. The molecule has 2 aromatic rings. The Morgan fingerprint density at radius 3 is 2.70 bits per heavy atom. The second kappa shape index (κ2) is 5.64. The predicted octanol–water partition coefficient (Wildman–Crippen LogP) is 3.25. The monoisotopic (exact) mass is 288 g/mol. The number of methoxy groups -OCH3 is 1. The van der Waals surface area contributed by atoms with Crippen LogP contribution in [-0.2, 0) is 11.2 Å². The van der Waals surface area contributed by atoms with Crippen LogP contribution in [0, 0.1) is 0 Å². The van der Waals surface area contributed by atoms with Gasteiger partial charge in [0, 0.05) is 30.5 Å². The van der Waals surface area contributed by atoms with Crippen LogP contribution >= 0.6 is 11.3 Å². The standard InChI is InChI=1S/C16H20N2OS/c1-19-16(8-5-9-16)14(17)10-15-18-13(11-20-15)12-6-3-2-4-7-12/h2-4,6-7,11,14H,5,8-10,17H2,1H3. The van der Waals surface area contributed by atoms with E-state index in [-0.39, 0.29) is 11.6 Å². The molecule has 1 aliphatic rings. The van der Waals surface area contributed by atoms with Gasteiger partial charge in [-0.15, -0.1) is 11.3 Å². The third-order valence-corrected chi connectivity index (χ3v) is 5.17. The molecule has 0 aliphatic heterocycles. The van der Waals surface area contributed by atoms with Gasteiger partial charge in [-0.3, -0.25) is 0 Å². The fraction of sp³-hybridized carbons (Fsp3) is 0.438. The Hall–Kier alpha value is -1.23. The highest BCUT2D eigenvalue weighted by atomic mass is 32.1. The first-order valence-corrected chi connectivity index (χ1v) is 7.92. The van der Waals surface area contributed by atoms with Gasteiger partial charge in [-0.05, 0) is 19.3 Å². The Morgan fingerprint density at radius 2 is 2.10 bits per heavy atom. The summed E-state index contributed by atoms with van der Waals surface area (Å²) in [5.74, 6) is 0. The van der Waals surface area contributed by atoms with Gasteiger partial charge in [-0.25, -0.2) is 4.98 Å². The van der Waals surface area contributed by atoms with Crippen LogP contribution in [0.25, 0.3) is 11.3 Å². The molecule has 1 atom stereocenters. The Bertz CT molecular complexity index is 557. The summed E-state index contributed by atoms with van der Waals surface area (Å²) in [5, 5.41) is 3.21. The van der Waals surface area contributed by atoms with Gasteiger partial charge in [0.2, 0.25) is 0 Å². The van der Waals surface area contributed by atoms with Gasteiger partial charge in [-0.2, -0.15) is 0 Å². The van der Waals surface area contributed by atoms with Crippen molar-refractivity contribution in [3.8, 4) is 11.3 Å². The Labute approximate surface area is 123 Å². The average Bonchev–Trinajstić information content (AvgIpc) is 2.88. The molecular formula is C16H20N2OS. The Kier molecular flexibility index (Phi) is 3.87. The van der Waals surface area contributed by atoms with Crippen LogP contribution in [0.5, 0.6) is 0 Å². The molecule has 3 nitrogen and oxygen atoms in total. The van der Waals surface area contributed by atoms with E-state index in [9.17, 15) is 0 Å². The number of rotatable bonds is 5. The quantitative estimate of drug-likeness (QED) is 0.918. The molecule has 1 aromatic carbocycles. The highest BCUT2D eigenvalue weighted by Gasteiger charge is 2.42. The number of benzene rings is 1. The van der Waals surface area contributed by atoms with Crippen molar-refractivity contribution >= 4 is 11.3 Å². The van der Waals surface area contributed by atoms with Gasteiger partial charge in [0.05, 0.1) is 16.3 Å². The molecule has 1 aliphatic carbocycles.